The third-order valence-electron chi connectivity index (χ3n) is 8.65. The number of aliphatic hydroxyl groups is 1. The van der Waals surface area contributed by atoms with Gasteiger partial charge in [-0.15, -0.1) is 0 Å². The van der Waals surface area contributed by atoms with Crippen LogP contribution in [0.25, 0.3) is 0 Å². The standard InChI is InChI=1S/C29H33N5O2/c1-18-16-21(7-6-20(18)17-30)34-28(19-4-2-3-5-19)24-9-10-25-23(27(24)32-34)8-11-26(31-25)29(36)33-14-12-22(35)13-15-33/h6-8,11,16,19,22,24,28,35H,2-5,9-10,12-15H2,1H3. The first kappa shape index (κ1) is 23.2. The molecule has 7 nitrogen and oxygen atoms in total. The fraction of sp³-hybridized carbons (Fsp3) is 0.517. The Kier molecular flexibility index (Phi) is 6.00. The van der Waals surface area contributed by atoms with Gasteiger partial charge in [0, 0.05) is 24.6 Å². The van der Waals surface area contributed by atoms with E-state index in [9.17, 15) is 15.2 Å². The first-order valence-electron chi connectivity index (χ1n) is 13.4. The summed E-state index contributed by atoms with van der Waals surface area (Å²) in [5, 5.41) is 26.6. The molecule has 1 amide bonds. The second-order valence-electron chi connectivity index (χ2n) is 10.8. The number of benzene rings is 1. The number of carbonyl (C=O) groups excluding carboxylic acids is 1. The second kappa shape index (κ2) is 9.33. The van der Waals surface area contributed by atoms with Crippen molar-refractivity contribution in [2.24, 2.45) is 16.9 Å². The number of hydrogen-bond donors (Lipinski definition) is 1. The summed E-state index contributed by atoms with van der Waals surface area (Å²) in [6.45, 7) is 3.15. The molecule has 0 bridgehead atoms. The third-order valence-corrected chi connectivity index (χ3v) is 8.65. The Hall–Kier alpha value is -3.24. The maximum Gasteiger partial charge on any atom is 0.272 e. The zero-order chi connectivity index (χ0) is 24.8. The fourth-order valence-corrected chi connectivity index (χ4v) is 6.69. The predicted molar refractivity (Wildman–Crippen MR) is 138 cm³/mol. The minimum atomic E-state index is -0.307. The Morgan fingerprint density at radius 1 is 1.08 bits per heavy atom. The normalized spacial score (nSPS) is 24.3. The molecule has 6 rings (SSSR count). The van der Waals surface area contributed by atoms with Crippen molar-refractivity contribution in [1.82, 2.24) is 9.88 Å². The van der Waals surface area contributed by atoms with Crippen LogP contribution in [-0.4, -0.2) is 51.8 Å². The number of nitrogens with zero attached hydrogens (tertiary/aromatic N) is 5. The highest BCUT2D eigenvalue weighted by molar-refractivity contribution is 6.07. The number of pyridine rings is 1. The van der Waals surface area contributed by atoms with Gasteiger partial charge in [0.25, 0.3) is 5.91 Å². The molecule has 2 fully saturated rings. The summed E-state index contributed by atoms with van der Waals surface area (Å²) in [6.07, 6.45) is 7.81. The lowest BCUT2D eigenvalue weighted by Gasteiger charge is -2.34. The van der Waals surface area contributed by atoms with E-state index in [-0.39, 0.29) is 12.0 Å². The van der Waals surface area contributed by atoms with Crippen LogP contribution in [0.4, 0.5) is 5.69 Å². The van der Waals surface area contributed by atoms with Gasteiger partial charge < -0.3 is 10.0 Å². The van der Waals surface area contributed by atoms with Crippen LogP contribution in [0.3, 0.4) is 0 Å². The highest BCUT2D eigenvalue weighted by Gasteiger charge is 2.46. The molecule has 7 heteroatoms. The quantitative estimate of drug-likeness (QED) is 0.706. The van der Waals surface area contributed by atoms with E-state index in [4.69, 9.17) is 10.1 Å². The summed E-state index contributed by atoms with van der Waals surface area (Å²) in [7, 11) is 0. The number of aliphatic hydroxyl groups excluding tert-OH is 1. The van der Waals surface area contributed by atoms with Gasteiger partial charge in [-0.05, 0) is 87.3 Å². The monoisotopic (exact) mass is 483 g/mol. The van der Waals surface area contributed by atoms with Gasteiger partial charge in [0.05, 0.1) is 40.9 Å². The zero-order valence-electron chi connectivity index (χ0n) is 20.9. The van der Waals surface area contributed by atoms with Crippen LogP contribution in [0.15, 0.2) is 35.4 Å². The van der Waals surface area contributed by atoms with Crippen molar-refractivity contribution in [2.45, 2.75) is 70.4 Å². The summed E-state index contributed by atoms with van der Waals surface area (Å²) in [6, 6.07) is 12.5. The number of amides is 1. The second-order valence-corrected chi connectivity index (χ2v) is 10.8. The van der Waals surface area contributed by atoms with E-state index in [1.165, 1.54) is 25.7 Å². The average molecular weight is 484 g/mol. The largest absolute Gasteiger partial charge is 0.393 e. The Balaban J connectivity index is 1.33. The molecule has 4 aliphatic rings. The van der Waals surface area contributed by atoms with Gasteiger partial charge in [-0.3, -0.25) is 9.80 Å². The van der Waals surface area contributed by atoms with E-state index in [1.54, 1.807) is 0 Å². The van der Waals surface area contributed by atoms with Crippen molar-refractivity contribution < 1.29 is 9.90 Å². The van der Waals surface area contributed by atoms with Crippen LogP contribution in [0.2, 0.25) is 0 Å². The summed E-state index contributed by atoms with van der Waals surface area (Å²) < 4.78 is 0. The number of aryl methyl sites for hydroxylation is 2. The number of nitriles is 1. The van der Waals surface area contributed by atoms with Gasteiger partial charge in [0.1, 0.15) is 5.69 Å². The van der Waals surface area contributed by atoms with Crippen LogP contribution >= 0.6 is 0 Å². The Morgan fingerprint density at radius 2 is 1.86 bits per heavy atom. The molecule has 0 radical (unpaired) electrons. The number of fused-ring (bicyclic) bond motifs is 3. The van der Waals surface area contributed by atoms with E-state index in [2.05, 4.69) is 23.2 Å². The van der Waals surface area contributed by atoms with E-state index in [0.717, 1.165) is 41.1 Å². The lowest BCUT2D eigenvalue weighted by molar-refractivity contribution is 0.0541. The molecule has 1 saturated heterocycles. The topological polar surface area (TPSA) is 92.8 Å². The number of hydrazone groups is 1. The molecular formula is C29H33N5O2. The van der Waals surface area contributed by atoms with Gasteiger partial charge in [0.2, 0.25) is 0 Å². The van der Waals surface area contributed by atoms with E-state index in [1.807, 2.05) is 30.0 Å². The van der Waals surface area contributed by atoms with Crippen LogP contribution < -0.4 is 5.01 Å². The number of piperidine rings is 1. The van der Waals surface area contributed by atoms with Crippen LogP contribution in [-0.2, 0) is 6.42 Å². The SMILES string of the molecule is Cc1cc(N2N=C3c4ccc(C(=O)N5CCC(O)CC5)nc4CCC3C2C2CCCC2)ccc1C#N. The predicted octanol–water partition coefficient (Wildman–Crippen LogP) is 4.20. The molecule has 3 heterocycles. The van der Waals surface area contributed by atoms with Crippen molar-refractivity contribution in [1.29, 1.82) is 5.26 Å². The summed E-state index contributed by atoms with van der Waals surface area (Å²) in [5.74, 6) is 0.916. The molecule has 0 spiro atoms. The molecule has 2 atom stereocenters. The Bertz CT molecular complexity index is 1250. The molecular weight excluding hydrogens is 450 g/mol. The lowest BCUT2D eigenvalue weighted by atomic mass is 9.76. The van der Waals surface area contributed by atoms with Crippen molar-refractivity contribution in [3.05, 3.63) is 58.4 Å². The molecule has 1 aromatic heterocycles. The highest BCUT2D eigenvalue weighted by Crippen LogP contribution is 2.44. The van der Waals surface area contributed by atoms with Crippen molar-refractivity contribution in [3.63, 3.8) is 0 Å². The van der Waals surface area contributed by atoms with Crippen LogP contribution in [0.5, 0.6) is 0 Å². The smallest absolute Gasteiger partial charge is 0.272 e. The van der Waals surface area contributed by atoms with Gasteiger partial charge >= 0.3 is 0 Å². The minimum absolute atomic E-state index is 0.0429. The van der Waals surface area contributed by atoms with Crippen molar-refractivity contribution in [3.8, 4) is 6.07 Å². The van der Waals surface area contributed by atoms with Gasteiger partial charge in [-0.2, -0.15) is 10.4 Å². The lowest BCUT2D eigenvalue weighted by Crippen LogP contribution is -2.41. The first-order chi connectivity index (χ1) is 17.5. The fourth-order valence-electron chi connectivity index (χ4n) is 6.69. The maximum absolute atomic E-state index is 13.1. The highest BCUT2D eigenvalue weighted by atomic mass is 16.3. The van der Waals surface area contributed by atoms with Gasteiger partial charge in [-0.25, -0.2) is 4.98 Å². The number of rotatable bonds is 3. The first-order valence-corrected chi connectivity index (χ1v) is 13.4. The third kappa shape index (κ3) is 3.98. The molecule has 2 aromatic rings. The molecule has 2 aliphatic heterocycles. The number of likely N-dealkylation sites (tertiary alicyclic amines) is 1. The Morgan fingerprint density at radius 3 is 2.58 bits per heavy atom. The van der Waals surface area contributed by atoms with Gasteiger partial charge in [0.15, 0.2) is 0 Å². The molecule has 2 aliphatic carbocycles. The van der Waals surface area contributed by atoms with Crippen LogP contribution in [0.1, 0.15) is 77.8 Å². The summed E-state index contributed by atoms with van der Waals surface area (Å²) in [5.41, 5.74) is 6.38. The summed E-state index contributed by atoms with van der Waals surface area (Å²) >= 11 is 0. The molecule has 2 unspecified atom stereocenters. The molecule has 36 heavy (non-hydrogen) atoms. The van der Waals surface area contributed by atoms with E-state index in [0.29, 0.717) is 55.1 Å². The summed E-state index contributed by atoms with van der Waals surface area (Å²) in [4.78, 5) is 19.7. The molecule has 186 valence electrons. The number of hydrogen-bond acceptors (Lipinski definition) is 6. The van der Waals surface area contributed by atoms with Crippen molar-refractivity contribution in [2.75, 3.05) is 18.1 Å². The van der Waals surface area contributed by atoms with Crippen molar-refractivity contribution >= 4 is 17.3 Å². The van der Waals surface area contributed by atoms with E-state index >= 15 is 0 Å². The molecule has 1 saturated carbocycles. The molecule has 1 aromatic carbocycles. The maximum atomic E-state index is 13.1. The number of anilines is 1. The van der Waals surface area contributed by atoms with Gasteiger partial charge in [-0.1, -0.05) is 12.8 Å². The molecule has 1 N–H and O–H groups in total. The van der Waals surface area contributed by atoms with Crippen LogP contribution in [0, 0.1) is 30.1 Å². The average Bonchev–Trinajstić information content (AvgIpc) is 3.56. The minimum Gasteiger partial charge on any atom is -0.393 e. The zero-order valence-corrected chi connectivity index (χ0v) is 20.9. The number of aromatic nitrogens is 1. The Labute approximate surface area is 212 Å². The van der Waals surface area contributed by atoms with E-state index < -0.39 is 0 Å². The number of carbonyl (C=O) groups is 1.